The molecule has 0 aromatic heterocycles. The molecule has 3 heteroatoms. The molecular weight excluding hydrogens is 156 g/mol. The Bertz CT molecular complexity index is 319. The number of para-hydroxylation sites is 1. The molecule has 1 aliphatic heterocycles. The van der Waals surface area contributed by atoms with Gasteiger partial charge in [-0.25, -0.2) is 0 Å². The van der Waals surface area contributed by atoms with Crippen molar-refractivity contribution in [3.63, 3.8) is 0 Å². The second kappa shape index (κ2) is 2.60. The molecule has 1 aromatic rings. The van der Waals surface area contributed by atoms with Gasteiger partial charge in [-0.2, -0.15) is 0 Å². The van der Waals surface area contributed by atoms with E-state index in [9.17, 15) is 9.90 Å². The van der Waals surface area contributed by atoms with Crippen LogP contribution in [0, 0.1) is 0 Å². The van der Waals surface area contributed by atoms with E-state index < -0.39 is 6.10 Å². The van der Waals surface area contributed by atoms with E-state index in [4.69, 9.17) is 4.74 Å². The number of hydrogen-bond donors (Lipinski definition) is 1. The molecule has 1 atom stereocenters. The smallest absolute Gasteiger partial charge is 0.314 e. The second-order valence-electron chi connectivity index (χ2n) is 2.73. The van der Waals surface area contributed by atoms with Crippen LogP contribution >= 0.6 is 0 Å². The van der Waals surface area contributed by atoms with Crippen LogP contribution in [0.15, 0.2) is 24.3 Å². The Labute approximate surface area is 69.6 Å². The quantitative estimate of drug-likeness (QED) is 0.460. The summed E-state index contributed by atoms with van der Waals surface area (Å²) in [5.41, 5.74) is 0.692. The van der Waals surface area contributed by atoms with E-state index in [1.165, 1.54) is 0 Å². The second-order valence-corrected chi connectivity index (χ2v) is 2.73. The standard InChI is InChI=1S/C9H8O3/c10-7-5-9(11)12-8-4-2-1-3-6(7)8/h1-4,7,10H,5H2. The Balaban J connectivity index is 2.47. The lowest BCUT2D eigenvalue weighted by molar-refractivity contribution is -0.138. The van der Waals surface area contributed by atoms with Gasteiger partial charge in [0.2, 0.25) is 0 Å². The minimum absolute atomic E-state index is 0.0526. The van der Waals surface area contributed by atoms with Gasteiger partial charge in [0.25, 0.3) is 0 Å². The minimum Gasteiger partial charge on any atom is -0.426 e. The molecule has 12 heavy (non-hydrogen) atoms. The normalized spacial score (nSPS) is 21.4. The van der Waals surface area contributed by atoms with Crippen LogP contribution in [-0.4, -0.2) is 11.1 Å². The molecule has 1 aliphatic rings. The third kappa shape index (κ3) is 1.08. The van der Waals surface area contributed by atoms with E-state index in [0.717, 1.165) is 0 Å². The van der Waals surface area contributed by atoms with Gasteiger partial charge in [-0.3, -0.25) is 4.79 Å². The van der Waals surface area contributed by atoms with Crippen molar-refractivity contribution in [2.75, 3.05) is 0 Å². The molecule has 0 saturated carbocycles. The lowest BCUT2D eigenvalue weighted by Gasteiger charge is -2.19. The van der Waals surface area contributed by atoms with Crippen LogP contribution in [-0.2, 0) is 4.79 Å². The largest absolute Gasteiger partial charge is 0.426 e. The molecule has 2 rings (SSSR count). The molecule has 0 radical (unpaired) electrons. The van der Waals surface area contributed by atoms with Crippen LogP contribution in [0.5, 0.6) is 5.75 Å². The Morgan fingerprint density at radius 3 is 3.00 bits per heavy atom. The molecule has 0 bridgehead atoms. The number of fused-ring (bicyclic) bond motifs is 1. The number of benzene rings is 1. The molecule has 62 valence electrons. The van der Waals surface area contributed by atoms with Crippen molar-refractivity contribution < 1.29 is 14.6 Å². The molecule has 0 saturated heterocycles. The van der Waals surface area contributed by atoms with Crippen LogP contribution in [0.25, 0.3) is 0 Å². The molecule has 1 aromatic carbocycles. The van der Waals surface area contributed by atoms with E-state index in [1.807, 2.05) is 0 Å². The summed E-state index contributed by atoms with van der Waals surface area (Å²) >= 11 is 0. The molecule has 0 fully saturated rings. The zero-order valence-corrected chi connectivity index (χ0v) is 6.36. The molecular formula is C9H8O3. The third-order valence-electron chi connectivity index (χ3n) is 1.86. The highest BCUT2D eigenvalue weighted by Gasteiger charge is 2.24. The average Bonchev–Trinajstić information content (AvgIpc) is 2.04. The fourth-order valence-corrected chi connectivity index (χ4v) is 1.28. The third-order valence-corrected chi connectivity index (χ3v) is 1.86. The monoisotopic (exact) mass is 164 g/mol. The Morgan fingerprint density at radius 1 is 1.42 bits per heavy atom. The Kier molecular flexibility index (Phi) is 1.59. The lowest BCUT2D eigenvalue weighted by atomic mass is 10.0. The first-order valence-electron chi connectivity index (χ1n) is 3.75. The summed E-state index contributed by atoms with van der Waals surface area (Å²) in [4.78, 5) is 10.9. The zero-order valence-electron chi connectivity index (χ0n) is 6.36. The van der Waals surface area contributed by atoms with Crippen molar-refractivity contribution >= 4 is 5.97 Å². The van der Waals surface area contributed by atoms with Crippen LogP contribution in [0.4, 0.5) is 0 Å². The summed E-state index contributed by atoms with van der Waals surface area (Å²) in [6.07, 6.45) is -0.653. The van der Waals surface area contributed by atoms with Crippen molar-refractivity contribution in [3.8, 4) is 5.75 Å². The van der Waals surface area contributed by atoms with E-state index in [1.54, 1.807) is 24.3 Å². The number of ether oxygens (including phenoxy) is 1. The molecule has 1 heterocycles. The van der Waals surface area contributed by atoms with E-state index in [2.05, 4.69) is 0 Å². The van der Waals surface area contributed by atoms with E-state index in [-0.39, 0.29) is 12.4 Å². The van der Waals surface area contributed by atoms with E-state index >= 15 is 0 Å². The predicted molar refractivity (Wildman–Crippen MR) is 41.7 cm³/mol. The van der Waals surface area contributed by atoms with Gasteiger partial charge < -0.3 is 9.84 Å². The van der Waals surface area contributed by atoms with Gasteiger partial charge in [0.15, 0.2) is 0 Å². The number of hydrogen-bond acceptors (Lipinski definition) is 3. The van der Waals surface area contributed by atoms with Gasteiger partial charge in [-0.15, -0.1) is 0 Å². The average molecular weight is 164 g/mol. The molecule has 0 spiro atoms. The predicted octanol–water partition coefficient (Wildman–Crippen LogP) is 1.03. The highest BCUT2D eigenvalue weighted by Crippen LogP contribution is 2.31. The fourth-order valence-electron chi connectivity index (χ4n) is 1.28. The number of aliphatic hydroxyl groups is 1. The van der Waals surface area contributed by atoms with Crippen molar-refractivity contribution in [3.05, 3.63) is 29.8 Å². The zero-order chi connectivity index (χ0) is 8.55. The van der Waals surface area contributed by atoms with Crippen LogP contribution in [0.1, 0.15) is 18.1 Å². The van der Waals surface area contributed by atoms with Gasteiger partial charge in [-0.05, 0) is 6.07 Å². The lowest BCUT2D eigenvalue weighted by Crippen LogP contribution is -2.19. The summed E-state index contributed by atoms with van der Waals surface area (Å²) < 4.78 is 4.90. The van der Waals surface area contributed by atoms with Gasteiger partial charge >= 0.3 is 5.97 Å². The van der Waals surface area contributed by atoms with Crippen molar-refractivity contribution in [1.29, 1.82) is 0 Å². The number of aliphatic hydroxyl groups excluding tert-OH is 1. The summed E-state index contributed by atoms with van der Waals surface area (Å²) in [6, 6.07) is 7.01. The fraction of sp³-hybridized carbons (Fsp3) is 0.222. The summed E-state index contributed by atoms with van der Waals surface area (Å²) in [6.45, 7) is 0. The summed E-state index contributed by atoms with van der Waals surface area (Å²) in [5, 5.41) is 9.43. The highest BCUT2D eigenvalue weighted by atomic mass is 16.5. The molecule has 1 N–H and O–H groups in total. The van der Waals surface area contributed by atoms with Gasteiger partial charge in [0, 0.05) is 5.56 Å². The maximum absolute atomic E-state index is 10.9. The topological polar surface area (TPSA) is 46.5 Å². The molecule has 1 unspecified atom stereocenters. The number of carbonyl (C=O) groups is 1. The minimum atomic E-state index is -0.706. The first-order valence-corrected chi connectivity index (χ1v) is 3.75. The molecule has 3 nitrogen and oxygen atoms in total. The maximum atomic E-state index is 10.9. The van der Waals surface area contributed by atoms with Crippen molar-refractivity contribution in [2.45, 2.75) is 12.5 Å². The Hall–Kier alpha value is -1.35. The number of carbonyl (C=O) groups excluding carboxylic acids is 1. The van der Waals surface area contributed by atoms with Crippen LogP contribution in [0.2, 0.25) is 0 Å². The maximum Gasteiger partial charge on any atom is 0.314 e. The number of rotatable bonds is 0. The van der Waals surface area contributed by atoms with Crippen molar-refractivity contribution in [2.24, 2.45) is 0 Å². The SMILES string of the molecule is O=C1CC(O)c2ccccc2O1. The van der Waals surface area contributed by atoms with Gasteiger partial charge in [0.1, 0.15) is 5.75 Å². The molecule has 0 amide bonds. The van der Waals surface area contributed by atoms with Gasteiger partial charge in [0.05, 0.1) is 12.5 Å². The van der Waals surface area contributed by atoms with Crippen LogP contribution in [0.3, 0.4) is 0 Å². The number of esters is 1. The highest BCUT2D eigenvalue weighted by molar-refractivity contribution is 5.75. The first kappa shape index (κ1) is 7.31. The Morgan fingerprint density at radius 2 is 2.17 bits per heavy atom. The van der Waals surface area contributed by atoms with E-state index in [0.29, 0.717) is 11.3 Å². The van der Waals surface area contributed by atoms with Gasteiger partial charge in [-0.1, -0.05) is 18.2 Å². The van der Waals surface area contributed by atoms with Crippen molar-refractivity contribution in [1.82, 2.24) is 0 Å². The summed E-state index contributed by atoms with van der Waals surface area (Å²) in [7, 11) is 0. The first-order chi connectivity index (χ1) is 5.77. The van der Waals surface area contributed by atoms with Crippen LogP contribution < -0.4 is 4.74 Å². The summed E-state index contributed by atoms with van der Waals surface area (Å²) in [5.74, 6) is 0.0995. The molecule has 0 aliphatic carbocycles.